The number of fused-ring (bicyclic) bond motifs is 2. The minimum atomic E-state index is -0.525. The lowest BCUT2D eigenvalue weighted by Gasteiger charge is -2.26. The molecule has 0 bridgehead atoms. The Morgan fingerprint density at radius 1 is 1.30 bits per heavy atom. The van der Waals surface area contributed by atoms with Gasteiger partial charge < -0.3 is 16.0 Å². The average Bonchev–Trinajstić information content (AvgIpc) is 2.97. The fourth-order valence-corrected chi connectivity index (χ4v) is 3.09. The van der Waals surface area contributed by atoms with Crippen LogP contribution in [-0.2, 0) is 17.6 Å². The summed E-state index contributed by atoms with van der Waals surface area (Å²) in [7, 11) is 0. The first-order chi connectivity index (χ1) is 11.2. The van der Waals surface area contributed by atoms with Gasteiger partial charge in [0.1, 0.15) is 0 Å². The number of hydrogen-bond acceptors (Lipinski definition) is 4. The molecule has 1 aromatic carbocycles. The number of aromatic nitrogens is 1. The molecular formula is C16H15N6O+. The molecule has 0 unspecified atom stereocenters. The van der Waals surface area contributed by atoms with Crippen molar-refractivity contribution in [2.24, 2.45) is 5.73 Å². The molecule has 1 aliphatic heterocycles. The molecule has 0 saturated heterocycles. The first-order valence-corrected chi connectivity index (χ1v) is 7.32. The molecule has 1 aromatic heterocycles. The number of nitrogens with one attached hydrogen (secondary N) is 3. The Bertz CT molecular complexity index is 902. The molecule has 2 heterocycles. The zero-order valence-electron chi connectivity index (χ0n) is 12.2. The maximum atomic E-state index is 11.7. The van der Waals surface area contributed by atoms with Gasteiger partial charge in [0.05, 0.1) is 22.9 Å². The molecule has 0 atom stereocenters. The number of nitrogens with two attached hydrogens (primary N) is 2. The van der Waals surface area contributed by atoms with E-state index in [1.54, 1.807) is 5.43 Å². The minimum Gasteiger partial charge on any atom is -0.364 e. The number of H-pyrrole nitrogens is 1. The number of carbonyl (C=O) groups is 1. The maximum Gasteiger partial charge on any atom is 0.272 e. The number of quaternary nitrogens is 1. The van der Waals surface area contributed by atoms with Crippen LogP contribution >= 0.6 is 0 Å². The van der Waals surface area contributed by atoms with Crippen LogP contribution in [0.2, 0.25) is 0 Å². The number of carbonyl (C=O) groups excluding carboxylic acids is 1. The third kappa shape index (κ3) is 1.97. The van der Waals surface area contributed by atoms with Crippen LogP contribution in [0.15, 0.2) is 30.1 Å². The van der Waals surface area contributed by atoms with Gasteiger partial charge in [-0.25, -0.2) is 5.43 Å². The van der Waals surface area contributed by atoms with Gasteiger partial charge in [0, 0.05) is 11.9 Å². The highest BCUT2D eigenvalue weighted by atomic mass is 16.1. The highest BCUT2D eigenvalue weighted by Gasteiger charge is 2.28. The largest absolute Gasteiger partial charge is 0.364 e. The van der Waals surface area contributed by atoms with E-state index in [4.69, 9.17) is 11.0 Å². The summed E-state index contributed by atoms with van der Waals surface area (Å²) in [6, 6.07) is 7.81. The van der Waals surface area contributed by atoms with E-state index in [2.05, 4.69) is 21.8 Å². The van der Waals surface area contributed by atoms with Crippen LogP contribution in [0.25, 0.3) is 5.70 Å². The van der Waals surface area contributed by atoms with Gasteiger partial charge in [-0.2, -0.15) is 10.7 Å². The van der Waals surface area contributed by atoms with Crippen molar-refractivity contribution in [3.63, 3.8) is 0 Å². The normalized spacial score (nSPS) is 14.9. The van der Waals surface area contributed by atoms with Crippen molar-refractivity contribution in [1.82, 2.24) is 10.4 Å². The van der Waals surface area contributed by atoms with E-state index in [1.165, 1.54) is 0 Å². The molecule has 0 fully saturated rings. The van der Waals surface area contributed by atoms with Gasteiger partial charge in [0.2, 0.25) is 5.82 Å². The second kappa shape index (κ2) is 4.90. The zero-order valence-corrected chi connectivity index (χ0v) is 12.2. The minimum absolute atomic E-state index is 0.328. The molecule has 7 N–H and O–H groups in total. The molecule has 0 saturated carbocycles. The smallest absolute Gasteiger partial charge is 0.272 e. The van der Waals surface area contributed by atoms with Crippen molar-refractivity contribution in [3.05, 3.63) is 52.3 Å². The molecule has 1 aliphatic carbocycles. The molecule has 2 aromatic rings. The lowest BCUT2D eigenvalue weighted by molar-refractivity contribution is -0.629. The predicted molar refractivity (Wildman–Crippen MR) is 83.8 cm³/mol. The first-order valence-electron chi connectivity index (χ1n) is 7.32. The number of rotatable bonds is 3. The van der Waals surface area contributed by atoms with Gasteiger partial charge in [0.15, 0.2) is 5.70 Å². The summed E-state index contributed by atoms with van der Waals surface area (Å²) in [6.45, 7) is 0. The van der Waals surface area contributed by atoms with Crippen molar-refractivity contribution in [2.45, 2.75) is 12.8 Å². The van der Waals surface area contributed by atoms with Crippen LogP contribution in [0, 0.1) is 11.3 Å². The van der Waals surface area contributed by atoms with Crippen LogP contribution in [0.5, 0.6) is 0 Å². The predicted octanol–water partition coefficient (Wildman–Crippen LogP) is -0.0359. The molecular weight excluding hydrogens is 292 g/mol. The lowest BCUT2D eigenvalue weighted by atomic mass is 9.83. The van der Waals surface area contributed by atoms with E-state index in [0.717, 1.165) is 46.6 Å². The molecule has 4 rings (SSSR count). The highest BCUT2D eigenvalue weighted by Crippen LogP contribution is 2.35. The van der Waals surface area contributed by atoms with Gasteiger partial charge in [-0.1, -0.05) is 0 Å². The van der Waals surface area contributed by atoms with E-state index in [9.17, 15) is 4.79 Å². The number of hydrogen-bond donors (Lipinski definition) is 5. The van der Waals surface area contributed by atoms with E-state index < -0.39 is 5.91 Å². The van der Waals surface area contributed by atoms with Crippen molar-refractivity contribution < 1.29 is 10.2 Å². The van der Waals surface area contributed by atoms with Gasteiger partial charge in [-0.3, -0.25) is 4.79 Å². The third-order valence-electron chi connectivity index (χ3n) is 4.34. The molecule has 2 aliphatic rings. The van der Waals surface area contributed by atoms with Gasteiger partial charge in [-0.05, 0) is 42.2 Å². The van der Waals surface area contributed by atoms with Gasteiger partial charge in [-0.15, -0.1) is 0 Å². The summed E-state index contributed by atoms with van der Waals surface area (Å²) in [5, 5.41) is 12.5. The van der Waals surface area contributed by atoms with Gasteiger partial charge >= 0.3 is 0 Å². The van der Waals surface area contributed by atoms with E-state index in [1.807, 2.05) is 24.4 Å². The second-order valence-corrected chi connectivity index (χ2v) is 5.56. The first kappa shape index (κ1) is 13.4. The lowest BCUT2D eigenvalue weighted by Crippen LogP contribution is -2.89. The Balaban J connectivity index is 1.80. The van der Waals surface area contributed by atoms with E-state index in [0.29, 0.717) is 11.4 Å². The summed E-state index contributed by atoms with van der Waals surface area (Å²) >= 11 is 0. The average molecular weight is 307 g/mol. The quantitative estimate of drug-likeness (QED) is 0.511. The fourth-order valence-electron chi connectivity index (χ4n) is 3.09. The maximum absolute atomic E-state index is 11.7. The van der Waals surface area contributed by atoms with Crippen LogP contribution < -0.4 is 21.9 Å². The molecule has 1 amide bonds. The zero-order chi connectivity index (χ0) is 16.0. The molecule has 114 valence electrons. The van der Waals surface area contributed by atoms with Crippen LogP contribution in [0.4, 0.5) is 11.5 Å². The number of nitriles is 1. The second-order valence-electron chi connectivity index (χ2n) is 5.56. The Labute approximate surface area is 132 Å². The third-order valence-corrected chi connectivity index (χ3v) is 4.34. The summed E-state index contributed by atoms with van der Waals surface area (Å²) in [5.74, 6) is 0.355. The van der Waals surface area contributed by atoms with Crippen LogP contribution in [0.1, 0.15) is 22.3 Å². The molecule has 7 heteroatoms. The summed E-state index contributed by atoms with van der Waals surface area (Å²) in [4.78, 5) is 14.8. The van der Waals surface area contributed by atoms with E-state index in [-0.39, 0.29) is 0 Å². The Hall–Kier alpha value is -3.24. The summed E-state index contributed by atoms with van der Waals surface area (Å²) < 4.78 is 0. The number of primary amides is 1. The molecule has 0 spiro atoms. The Morgan fingerprint density at radius 3 is 2.83 bits per heavy atom. The van der Waals surface area contributed by atoms with Crippen molar-refractivity contribution in [2.75, 3.05) is 5.32 Å². The Morgan fingerprint density at radius 2 is 2.13 bits per heavy atom. The topological polar surface area (TPSA) is 123 Å². The van der Waals surface area contributed by atoms with Gasteiger partial charge in [0.25, 0.3) is 5.91 Å². The standard InChI is InChI=1S/C16H14N6O/c17-7-8-1-4-12(10-3-2-9(8)10)20-13-11-5-6-19-16(11)22-21-14(13)15(18)23/h1,4-6,19-22H,2-3H2,(H2,18,23)/p+1. The van der Waals surface area contributed by atoms with Crippen molar-refractivity contribution >= 4 is 23.1 Å². The van der Waals surface area contributed by atoms with Crippen molar-refractivity contribution in [3.8, 4) is 6.07 Å². The number of aromatic amines is 1. The number of nitrogens with zero attached hydrogens (tertiary/aromatic N) is 1. The Kier molecular flexibility index (Phi) is 2.86. The van der Waals surface area contributed by atoms with Crippen LogP contribution in [-0.4, -0.2) is 10.9 Å². The molecule has 7 nitrogen and oxygen atoms in total. The van der Waals surface area contributed by atoms with E-state index >= 15 is 0 Å². The number of benzene rings is 1. The van der Waals surface area contributed by atoms with Crippen LogP contribution in [0.3, 0.4) is 0 Å². The summed E-state index contributed by atoms with van der Waals surface area (Å²) in [6.07, 6.45) is 3.65. The monoisotopic (exact) mass is 307 g/mol. The fraction of sp³-hybridized carbons (Fsp3) is 0.125. The molecule has 0 radical (unpaired) electrons. The number of anilines is 1. The number of amides is 1. The SMILES string of the molecule is N#Cc1ccc(NC2=C(C(N)=O)N[NH2+]c3[nH]ccc32)c2c1CC2. The molecule has 23 heavy (non-hydrogen) atoms. The van der Waals surface area contributed by atoms with Crippen molar-refractivity contribution in [1.29, 1.82) is 5.26 Å². The highest BCUT2D eigenvalue weighted by molar-refractivity contribution is 6.03. The summed E-state index contributed by atoms with van der Waals surface area (Å²) in [5.41, 5.74) is 15.9.